The minimum atomic E-state index is -0.445. The average Bonchev–Trinajstić information content (AvgIpc) is 1.86. The maximum absolute atomic E-state index is 14.1. The first kappa shape index (κ1) is 51.1. The molecule has 5 aliphatic rings. The molecule has 0 saturated carbocycles. The van der Waals surface area contributed by atoms with E-state index < -0.39 is 22.4 Å². The maximum atomic E-state index is 14.1. The van der Waals surface area contributed by atoms with E-state index in [1.807, 2.05) is 48.6 Å². The van der Waals surface area contributed by atoms with Crippen molar-refractivity contribution in [3.8, 4) is 88.9 Å². The molecule has 10 aromatic rings. The van der Waals surface area contributed by atoms with Gasteiger partial charge >= 0.3 is 0 Å². The summed E-state index contributed by atoms with van der Waals surface area (Å²) >= 11 is 12.2. The van der Waals surface area contributed by atoms with E-state index in [4.69, 9.17) is 17.5 Å². The van der Waals surface area contributed by atoms with Crippen LogP contribution in [0.15, 0.2) is 79.5 Å². The molecule has 0 radical (unpaired) electrons. The van der Waals surface area contributed by atoms with Crippen LogP contribution < -0.4 is 0 Å². The smallest absolute Gasteiger partial charge is 0.194 e. The van der Waals surface area contributed by atoms with Crippen molar-refractivity contribution in [1.82, 2.24) is 8.75 Å². The van der Waals surface area contributed by atoms with E-state index in [2.05, 4.69) is 52.0 Å². The molecule has 390 valence electrons. The number of benzene rings is 3. The number of aromatic nitrogens is 2. The van der Waals surface area contributed by atoms with Gasteiger partial charge in [0, 0.05) is 94.0 Å². The Bertz CT molecular complexity index is 5210. The molecule has 0 amide bonds. The average molecular weight is 1220 g/mol. The predicted molar refractivity (Wildman–Crippen MR) is 330 cm³/mol. The van der Waals surface area contributed by atoms with E-state index in [1.165, 1.54) is 58.1 Å². The molecule has 0 bridgehead atoms. The Hall–Kier alpha value is -9.76. The summed E-state index contributed by atoms with van der Waals surface area (Å²) in [6.07, 6.45) is 3.43. The summed E-state index contributed by atoms with van der Waals surface area (Å²) in [5.74, 6) is -0.853. The fourth-order valence-electron chi connectivity index (χ4n) is 12.2. The van der Waals surface area contributed by atoms with Crippen LogP contribution in [0.1, 0.15) is 114 Å². The number of fused-ring (bicyclic) bond motifs is 14. The molecular weight excluding hydrogens is 1200 g/mol. The molecule has 0 N–H and O–H groups in total. The number of nitriles is 8. The van der Waals surface area contributed by atoms with E-state index in [9.17, 15) is 51.7 Å². The van der Waals surface area contributed by atoms with E-state index >= 15 is 0 Å². The van der Waals surface area contributed by atoms with Gasteiger partial charge in [-0.3, -0.25) is 9.59 Å². The number of nitrogens with zero attached hydrogens (tertiary/aromatic N) is 12. The van der Waals surface area contributed by atoms with Crippen LogP contribution in [0.25, 0.3) is 93.5 Å². The van der Waals surface area contributed by atoms with Gasteiger partial charge in [-0.1, -0.05) is 27.7 Å². The second-order valence-electron chi connectivity index (χ2n) is 21.0. The third-order valence-electron chi connectivity index (χ3n) is 16.0. The van der Waals surface area contributed by atoms with Crippen molar-refractivity contribution < 1.29 is 9.59 Å². The molecule has 1 aliphatic heterocycles. The molecule has 84 heavy (non-hydrogen) atoms. The highest BCUT2D eigenvalue weighted by atomic mass is 32.1. The fourth-order valence-corrected chi connectivity index (χ4v) is 22.2. The summed E-state index contributed by atoms with van der Waals surface area (Å²) < 4.78 is 24.3. The lowest BCUT2D eigenvalue weighted by Gasteiger charge is -2.19. The van der Waals surface area contributed by atoms with Crippen molar-refractivity contribution in [2.75, 3.05) is 0 Å². The van der Waals surface area contributed by atoms with Gasteiger partial charge in [0.25, 0.3) is 0 Å². The topological polar surface area (TPSA) is 275 Å². The highest BCUT2D eigenvalue weighted by Gasteiger charge is 2.45. The standard InChI is InChI=1S/C62H22N12O2S8/c1-61(2)37-11-29(9-35-43(27(19-67)20-68)31-5-23(15-63)25(17-65)7-33(31)53(35)75)77-55(37)59-47(61)57-41(81-59)13-39(79-57)45-49-51(73-83-71-49)46(52-50(45)72-84-74-52)40-14-42-58(80-40)48-60(82-42)56-38(62(48,3)4)12-30(78-56)10-36-44(28(21-69)22-70)32-6-24(16-64)26(18-66)8-34(32)54(36)76/h5-14H,1-4H3/b35-9-,36-10-. The first-order chi connectivity index (χ1) is 40.6. The van der Waals surface area contributed by atoms with Crippen LogP contribution in [0.5, 0.6) is 0 Å². The molecule has 0 saturated heterocycles. The number of rotatable bonds is 4. The van der Waals surface area contributed by atoms with E-state index in [0.717, 1.165) is 126 Å². The second-order valence-corrected chi connectivity index (χ2v) is 28.4. The van der Waals surface area contributed by atoms with E-state index in [1.54, 1.807) is 57.5 Å². The van der Waals surface area contributed by atoms with Gasteiger partial charge in [0.05, 0.1) is 64.5 Å². The summed E-state index contributed by atoms with van der Waals surface area (Å²) in [4.78, 5) is 36.1. The maximum Gasteiger partial charge on any atom is 0.194 e. The molecular formula is C62H22N12O2S8. The monoisotopic (exact) mass is 1220 g/mol. The number of carbonyl (C=O) groups excluding carboxylic acids is 2. The normalized spacial score (nSPS) is 15.8. The number of allylic oxidation sites excluding steroid dienone is 6. The van der Waals surface area contributed by atoms with Crippen molar-refractivity contribution >= 4 is 167 Å². The van der Waals surface area contributed by atoms with Crippen LogP contribution >= 0.6 is 79.7 Å². The zero-order chi connectivity index (χ0) is 58.2. The van der Waals surface area contributed by atoms with Gasteiger partial charge in [-0.25, -0.2) is 0 Å². The highest BCUT2D eigenvalue weighted by Crippen LogP contribution is 2.64. The minimum Gasteiger partial charge on any atom is -0.289 e. The quantitative estimate of drug-likeness (QED) is 0.117. The molecule has 14 nitrogen and oxygen atoms in total. The van der Waals surface area contributed by atoms with Gasteiger partial charge < -0.3 is 0 Å². The van der Waals surface area contributed by atoms with Crippen molar-refractivity contribution in [1.29, 1.82) is 42.1 Å². The lowest BCUT2D eigenvalue weighted by molar-refractivity contribution is 0.103. The van der Waals surface area contributed by atoms with Crippen molar-refractivity contribution in [3.63, 3.8) is 0 Å². The molecule has 0 fully saturated rings. The van der Waals surface area contributed by atoms with Crippen LogP contribution in [0, 0.1) is 90.6 Å². The Morgan fingerprint density at radius 3 is 1.23 bits per heavy atom. The Morgan fingerprint density at radius 2 is 0.857 bits per heavy atom. The van der Waals surface area contributed by atoms with Crippen LogP contribution in [-0.2, 0) is 22.2 Å². The van der Waals surface area contributed by atoms with Gasteiger partial charge in [0.2, 0.25) is 0 Å². The molecule has 0 atom stereocenters. The number of hydrogen-bond donors (Lipinski definition) is 0. The molecule has 0 spiro atoms. The Labute approximate surface area is 506 Å². The lowest BCUT2D eigenvalue weighted by atomic mass is 9.84. The Morgan fingerprint density at radius 1 is 0.476 bits per heavy atom. The largest absolute Gasteiger partial charge is 0.289 e. The molecule has 15 rings (SSSR count). The SMILES string of the molecule is CC1(C)c2cc(/C=C3\C(=O)c4cc(C#N)c(C#N)cc4C3=C(C#N)C#N)sc2-c2sc3cc(-c4c5c(c(-c6cc7sc8c(c7s6)C(C)(C)c6cc(/C=C7\C(=O)c9cc(C#N)c(C#N)cc9C7=C(C#N)C#N)sc6-8)c6nsnc46)N=S=N5)sc3c21. The number of ketones is 2. The molecule has 22 heteroatoms. The summed E-state index contributed by atoms with van der Waals surface area (Å²) in [6, 6.07) is 29.8. The van der Waals surface area contributed by atoms with Crippen LogP contribution in [0.4, 0.5) is 11.4 Å². The third kappa shape index (κ3) is 6.68. The summed E-state index contributed by atoms with van der Waals surface area (Å²) in [7, 11) is 0. The summed E-state index contributed by atoms with van der Waals surface area (Å²) in [5, 5.41) is 79.1. The number of thiophene rings is 6. The summed E-state index contributed by atoms with van der Waals surface area (Å²) in [5.41, 5.74) is 9.67. The second kappa shape index (κ2) is 17.9. The van der Waals surface area contributed by atoms with Crippen molar-refractivity contribution in [2.24, 2.45) is 8.73 Å². The zero-order valence-electron chi connectivity index (χ0n) is 43.2. The van der Waals surface area contributed by atoms with Crippen LogP contribution in [0.2, 0.25) is 0 Å². The molecule has 4 aliphatic carbocycles. The van der Waals surface area contributed by atoms with Gasteiger partial charge in [-0.15, -0.1) is 68.0 Å². The first-order valence-corrected chi connectivity index (χ1v) is 31.4. The Balaban J connectivity index is 0.778. The predicted octanol–water partition coefficient (Wildman–Crippen LogP) is 16.7. The molecule has 7 aromatic heterocycles. The van der Waals surface area contributed by atoms with E-state index in [0.29, 0.717) is 0 Å². The lowest BCUT2D eigenvalue weighted by Crippen LogP contribution is -2.13. The van der Waals surface area contributed by atoms with Crippen LogP contribution in [0.3, 0.4) is 0 Å². The molecule has 0 unspecified atom stereocenters. The number of hydrogen-bond acceptors (Lipinski definition) is 21. The van der Waals surface area contributed by atoms with Gasteiger partial charge in [-0.05, 0) is 94.1 Å². The summed E-state index contributed by atoms with van der Waals surface area (Å²) in [6.45, 7) is 8.78. The molecule has 3 aromatic carbocycles. The third-order valence-corrected chi connectivity index (χ3v) is 24.5. The Kier molecular flexibility index (Phi) is 10.9. The van der Waals surface area contributed by atoms with Gasteiger partial charge in [-0.2, -0.15) is 59.6 Å². The number of carbonyl (C=O) groups is 2. The van der Waals surface area contributed by atoms with Gasteiger partial charge in [0.15, 0.2) is 11.6 Å². The zero-order valence-corrected chi connectivity index (χ0v) is 49.8. The van der Waals surface area contributed by atoms with Crippen molar-refractivity contribution in [3.05, 3.63) is 147 Å². The van der Waals surface area contributed by atoms with Gasteiger partial charge in [0.1, 0.15) is 82.1 Å². The minimum absolute atomic E-state index is 0.0400. The molecule has 8 heterocycles. The first-order valence-electron chi connectivity index (χ1n) is 25.0. The van der Waals surface area contributed by atoms with Crippen LogP contribution in [-0.4, -0.2) is 20.3 Å². The number of Topliss-reactive ketones (excluding diaryl/α,β-unsaturated/α-hetero) is 2. The fraction of sp³-hybridized carbons (Fsp3) is 0.0968. The van der Waals surface area contributed by atoms with Crippen molar-refractivity contribution in [2.45, 2.75) is 38.5 Å². The van der Waals surface area contributed by atoms with E-state index in [-0.39, 0.29) is 77.9 Å². The highest BCUT2D eigenvalue weighted by molar-refractivity contribution is 7.58.